The van der Waals surface area contributed by atoms with E-state index in [1.54, 1.807) is 23.2 Å². The third kappa shape index (κ3) is 4.76. The van der Waals surface area contributed by atoms with Crippen LogP contribution in [0.25, 0.3) is 11.3 Å². The predicted octanol–water partition coefficient (Wildman–Crippen LogP) is 4.45. The molecule has 10 nitrogen and oxygen atoms in total. The Bertz CT molecular complexity index is 1650. The van der Waals surface area contributed by atoms with E-state index in [1.165, 1.54) is 17.8 Å². The average Bonchev–Trinajstić information content (AvgIpc) is 3.46. The number of carbonyl (C=O) groups excluding carboxylic acids is 2. The van der Waals surface area contributed by atoms with Crippen molar-refractivity contribution in [1.82, 2.24) is 29.9 Å². The molecule has 6 rings (SSSR count). The number of carbonyl (C=O) groups is 2. The molecular formula is C26H20ClF3N8O2. The molecule has 1 saturated carbocycles. The van der Waals surface area contributed by atoms with E-state index in [9.17, 15) is 22.8 Å². The van der Waals surface area contributed by atoms with Crippen molar-refractivity contribution in [3.8, 4) is 11.3 Å². The first kappa shape index (κ1) is 25.9. The number of halogens is 4. The molecule has 40 heavy (non-hydrogen) atoms. The molecule has 0 radical (unpaired) electrons. The first-order valence-electron chi connectivity index (χ1n) is 12.3. The van der Waals surface area contributed by atoms with Gasteiger partial charge in [-0.15, -0.1) is 5.10 Å². The van der Waals surface area contributed by atoms with Gasteiger partial charge in [-0.2, -0.15) is 10.2 Å². The number of aromatic nitrogens is 6. The first-order valence-corrected chi connectivity index (χ1v) is 12.6. The van der Waals surface area contributed by atoms with Gasteiger partial charge in [-0.25, -0.2) is 18.2 Å². The average molecular weight is 569 g/mol. The summed E-state index contributed by atoms with van der Waals surface area (Å²) < 4.78 is 43.4. The van der Waals surface area contributed by atoms with E-state index in [4.69, 9.17) is 11.6 Å². The summed E-state index contributed by atoms with van der Waals surface area (Å²) in [6.45, 7) is 2.44. The van der Waals surface area contributed by atoms with Gasteiger partial charge in [-0.3, -0.25) is 24.2 Å². The molecular weight excluding hydrogens is 549 g/mol. The highest BCUT2D eigenvalue weighted by Gasteiger charge is 2.52. The summed E-state index contributed by atoms with van der Waals surface area (Å²) in [7, 11) is 0. The Hall–Kier alpha value is -4.39. The Morgan fingerprint density at radius 3 is 2.73 bits per heavy atom. The molecule has 1 N–H and O–H groups in total. The van der Waals surface area contributed by atoms with Crippen LogP contribution < -0.4 is 10.2 Å². The summed E-state index contributed by atoms with van der Waals surface area (Å²) in [5, 5.41) is 14.9. The minimum Gasteiger partial charge on any atom is -0.318 e. The molecule has 3 aromatic heterocycles. The molecule has 1 aliphatic heterocycles. The first-order chi connectivity index (χ1) is 19.2. The molecule has 204 valence electrons. The molecule has 4 aromatic rings. The van der Waals surface area contributed by atoms with E-state index in [0.29, 0.717) is 29.7 Å². The second kappa shape index (κ2) is 9.97. The van der Waals surface area contributed by atoms with Crippen molar-refractivity contribution < 1.29 is 22.8 Å². The summed E-state index contributed by atoms with van der Waals surface area (Å²) >= 11 is 5.81. The number of anilines is 2. The van der Waals surface area contributed by atoms with Gasteiger partial charge < -0.3 is 5.32 Å². The van der Waals surface area contributed by atoms with Gasteiger partial charge in [0.15, 0.2) is 11.6 Å². The Morgan fingerprint density at radius 2 is 2.02 bits per heavy atom. The fourth-order valence-electron chi connectivity index (χ4n) is 4.73. The van der Waals surface area contributed by atoms with Crippen molar-refractivity contribution in [2.45, 2.75) is 26.3 Å². The van der Waals surface area contributed by atoms with E-state index >= 15 is 0 Å². The van der Waals surface area contributed by atoms with Crippen LogP contribution in [0.2, 0.25) is 5.02 Å². The van der Waals surface area contributed by atoms with Crippen LogP contribution in [-0.4, -0.2) is 48.3 Å². The number of aryl methyl sites for hydroxylation is 1. The second-order valence-corrected chi connectivity index (χ2v) is 10.0. The minimum atomic E-state index is -3.00. The number of amides is 2. The van der Waals surface area contributed by atoms with E-state index in [1.807, 2.05) is 0 Å². The van der Waals surface area contributed by atoms with Gasteiger partial charge in [0.1, 0.15) is 5.69 Å². The molecule has 1 saturated heterocycles. The maximum absolute atomic E-state index is 14.7. The van der Waals surface area contributed by atoms with Gasteiger partial charge in [0.05, 0.1) is 46.7 Å². The Kier molecular flexibility index (Phi) is 6.45. The van der Waals surface area contributed by atoms with Crippen molar-refractivity contribution in [1.29, 1.82) is 0 Å². The van der Waals surface area contributed by atoms with Crippen molar-refractivity contribution in [2.24, 2.45) is 11.8 Å². The van der Waals surface area contributed by atoms with Gasteiger partial charge in [0.25, 0.3) is 12.3 Å². The predicted molar refractivity (Wildman–Crippen MR) is 137 cm³/mol. The van der Waals surface area contributed by atoms with Crippen LogP contribution in [0.5, 0.6) is 0 Å². The number of benzene rings is 1. The number of rotatable bonds is 7. The minimum absolute atomic E-state index is 0.0946. The lowest BCUT2D eigenvalue weighted by Crippen LogP contribution is -2.29. The summed E-state index contributed by atoms with van der Waals surface area (Å²) in [5.74, 6) is -0.597. The van der Waals surface area contributed by atoms with E-state index in [-0.39, 0.29) is 40.5 Å². The number of hydrogen-bond acceptors (Lipinski definition) is 7. The van der Waals surface area contributed by atoms with E-state index in [0.717, 1.165) is 24.8 Å². The van der Waals surface area contributed by atoms with Crippen LogP contribution >= 0.6 is 11.6 Å². The SMILES string of the molecule is Cc1ncc(-c2c(C(F)F)ccc(Cl)c2F)nc1C(=O)Nc1cnn(Cc2ccc(N3C[C@H]4C[C@H]4C3=O)nn2)c1. The molecule has 2 fully saturated rings. The van der Waals surface area contributed by atoms with Crippen molar-refractivity contribution >= 4 is 34.9 Å². The van der Waals surface area contributed by atoms with Crippen molar-refractivity contribution in [3.05, 3.63) is 76.3 Å². The van der Waals surface area contributed by atoms with Gasteiger partial charge >= 0.3 is 0 Å². The van der Waals surface area contributed by atoms with E-state index < -0.39 is 29.3 Å². The standard InChI is InChI=1S/C26H20ClF3N8O2/c1-12-23(34-19(8-31-12)21-16(24(29)30)3-4-18(27)22(21)28)25(39)33-15-7-32-37(11-15)10-14-2-5-20(36-35-14)38-9-13-6-17(13)26(38)40/h2-5,7-8,11,13,17,24H,6,9-10H2,1H3,(H,33,39)/t13-,17-/m1/s1. The third-order valence-electron chi connectivity index (χ3n) is 6.91. The number of alkyl halides is 2. The number of fused-ring (bicyclic) bond motifs is 1. The molecule has 0 unspecified atom stereocenters. The lowest BCUT2D eigenvalue weighted by atomic mass is 10.0. The zero-order valence-electron chi connectivity index (χ0n) is 20.9. The molecule has 14 heteroatoms. The summed E-state index contributed by atoms with van der Waals surface area (Å²) in [5.41, 5.74) is -0.447. The largest absolute Gasteiger partial charge is 0.318 e. The monoisotopic (exact) mass is 568 g/mol. The number of nitrogens with one attached hydrogen (secondary N) is 1. The number of piperidine rings is 1. The summed E-state index contributed by atoms with van der Waals surface area (Å²) in [6.07, 6.45) is 2.04. The quantitative estimate of drug-likeness (QED) is 0.350. The molecule has 0 bridgehead atoms. The number of nitrogens with zero attached hydrogens (tertiary/aromatic N) is 7. The molecule has 2 atom stereocenters. The Balaban J connectivity index is 1.16. The van der Waals surface area contributed by atoms with E-state index in [2.05, 4.69) is 30.6 Å². The van der Waals surface area contributed by atoms with Crippen LogP contribution in [0.1, 0.15) is 40.3 Å². The van der Waals surface area contributed by atoms with Crippen LogP contribution in [0.15, 0.2) is 42.9 Å². The van der Waals surface area contributed by atoms with Crippen molar-refractivity contribution in [2.75, 3.05) is 16.8 Å². The molecule has 4 heterocycles. The lowest BCUT2D eigenvalue weighted by molar-refractivity contribution is -0.118. The smallest absolute Gasteiger partial charge is 0.276 e. The lowest BCUT2D eigenvalue weighted by Gasteiger charge is -2.16. The van der Waals surface area contributed by atoms with Crippen LogP contribution in [-0.2, 0) is 11.3 Å². The Labute approximate surface area is 230 Å². The fourth-order valence-corrected chi connectivity index (χ4v) is 4.88. The second-order valence-electron chi connectivity index (χ2n) is 9.63. The van der Waals surface area contributed by atoms with Crippen LogP contribution in [0, 0.1) is 24.6 Å². The maximum Gasteiger partial charge on any atom is 0.276 e. The normalized spacial score (nSPS) is 17.9. The molecule has 1 aromatic carbocycles. The Morgan fingerprint density at radius 1 is 1.20 bits per heavy atom. The van der Waals surface area contributed by atoms with Crippen LogP contribution in [0.4, 0.5) is 24.7 Å². The summed E-state index contributed by atoms with van der Waals surface area (Å²) in [4.78, 5) is 35.1. The number of hydrogen-bond donors (Lipinski definition) is 1. The third-order valence-corrected chi connectivity index (χ3v) is 7.20. The highest BCUT2D eigenvalue weighted by Crippen LogP contribution is 2.46. The zero-order chi connectivity index (χ0) is 28.1. The molecule has 1 aliphatic carbocycles. The van der Waals surface area contributed by atoms with Gasteiger partial charge in [0, 0.05) is 29.8 Å². The highest BCUT2D eigenvalue weighted by atomic mass is 35.5. The molecule has 2 aliphatic rings. The highest BCUT2D eigenvalue weighted by molar-refractivity contribution is 6.31. The van der Waals surface area contributed by atoms with Crippen LogP contribution in [0.3, 0.4) is 0 Å². The maximum atomic E-state index is 14.7. The molecule has 0 spiro atoms. The van der Waals surface area contributed by atoms with Gasteiger partial charge in [-0.1, -0.05) is 17.7 Å². The topological polar surface area (TPSA) is 119 Å². The summed E-state index contributed by atoms with van der Waals surface area (Å²) in [6, 6.07) is 5.54. The van der Waals surface area contributed by atoms with Crippen molar-refractivity contribution in [3.63, 3.8) is 0 Å². The molecule has 2 amide bonds. The fraction of sp³-hybridized carbons (Fsp3) is 0.269. The van der Waals surface area contributed by atoms with Gasteiger partial charge in [0.2, 0.25) is 5.91 Å². The van der Waals surface area contributed by atoms with Gasteiger partial charge in [-0.05, 0) is 37.5 Å². The zero-order valence-corrected chi connectivity index (χ0v) is 21.6.